The first-order chi connectivity index (χ1) is 12.2. The number of ether oxygens (including phenoxy) is 1. The molecule has 0 bridgehead atoms. The first kappa shape index (κ1) is 22.9. The largest absolute Gasteiger partial charge is 0.370 e. The van der Waals surface area contributed by atoms with Gasteiger partial charge in [-0.25, -0.2) is 0 Å². The zero-order valence-corrected chi connectivity index (χ0v) is 18.4. The molecule has 27 heavy (non-hydrogen) atoms. The molecular formula is C19H31Cl2N3O2S. The predicted octanol–water partition coefficient (Wildman–Crippen LogP) is 2.96. The van der Waals surface area contributed by atoms with Crippen LogP contribution in [-0.4, -0.2) is 56.7 Å². The molecule has 3 aliphatic rings. The SMILES string of the molecule is CN1CCCC1CCNC(=O)c1cc2c(s1)CCOC21CCNCC1.Cl.Cl. The molecule has 154 valence electrons. The first-order valence-corrected chi connectivity index (χ1v) is 10.5. The number of fused-ring (bicyclic) bond motifs is 2. The van der Waals surface area contributed by atoms with Crippen LogP contribution in [0.15, 0.2) is 6.07 Å². The zero-order valence-electron chi connectivity index (χ0n) is 15.9. The number of halogens is 2. The molecule has 1 atom stereocenters. The molecule has 1 aromatic heterocycles. The van der Waals surface area contributed by atoms with E-state index in [9.17, 15) is 4.79 Å². The van der Waals surface area contributed by atoms with E-state index in [-0.39, 0.29) is 36.3 Å². The van der Waals surface area contributed by atoms with Crippen LogP contribution in [0, 0.1) is 0 Å². The molecule has 8 heteroatoms. The Hall–Kier alpha value is -0.370. The van der Waals surface area contributed by atoms with E-state index in [1.54, 1.807) is 11.3 Å². The minimum absolute atomic E-state index is 0. The highest BCUT2D eigenvalue weighted by Crippen LogP contribution is 2.43. The molecule has 2 saturated heterocycles. The van der Waals surface area contributed by atoms with Crippen molar-refractivity contribution in [3.05, 3.63) is 21.4 Å². The number of amides is 1. The van der Waals surface area contributed by atoms with Crippen molar-refractivity contribution in [2.75, 3.05) is 39.8 Å². The van der Waals surface area contributed by atoms with Gasteiger partial charge < -0.3 is 20.3 Å². The summed E-state index contributed by atoms with van der Waals surface area (Å²) in [6, 6.07) is 2.74. The van der Waals surface area contributed by atoms with E-state index in [4.69, 9.17) is 4.74 Å². The van der Waals surface area contributed by atoms with E-state index in [2.05, 4.69) is 28.6 Å². The van der Waals surface area contributed by atoms with E-state index in [1.807, 2.05) is 0 Å². The number of hydrogen-bond acceptors (Lipinski definition) is 5. The van der Waals surface area contributed by atoms with Crippen molar-refractivity contribution in [1.29, 1.82) is 0 Å². The van der Waals surface area contributed by atoms with Crippen molar-refractivity contribution >= 4 is 42.1 Å². The Morgan fingerprint density at radius 2 is 2.19 bits per heavy atom. The molecule has 1 amide bonds. The molecule has 0 saturated carbocycles. The Morgan fingerprint density at radius 3 is 2.89 bits per heavy atom. The third kappa shape index (κ3) is 4.80. The van der Waals surface area contributed by atoms with Crippen molar-refractivity contribution in [2.45, 2.75) is 50.2 Å². The lowest BCUT2D eigenvalue weighted by Gasteiger charge is -2.40. The van der Waals surface area contributed by atoms with Gasteiger partial charge in [-0.15, -0.1) is 36.2 Å². The summed E-state index contributed by atoms with van der Waals surface area (Å²) in [5.74, 6) is 0.0872. The van der Waals surface area contributed by atoms with Crippen molar-refractivity contribution in [1.82, 2.24) is 15.5 Å². The van der Waals surface area contributed by atoms with Gasteiger partial charge >= 0.3 is 0 Å². The Labute approximate surface area is 178 Å². The average molecular weight is 436 g/mol. The summed E-state index contributed by atoms with van der Waals surface area (Å²) < 4.78 is 6.22. The van der Waals surface area contributed by atoms with E-state index >= 15 is 0 Å². The Kier molecular flexibility index (Phi) is 8.40. The summed E-state index contributed by atoms with van der Waals surface area (Å²) in [6.07, 6.45) is 6.54. The number of piperidine rings is 1. The minimum atomic E-state index is -0.152. The highest BCUT2D eigenvalue weighted by Gasteiger charge is 2.40. The number of nitrogens with one attached hydrogen (secondary N) is 2. The van der Waals surface area contributed by atoms with Crippen molar-refractivity contribution in [3.63, 3.8) is 0 Å². The van der Waals surface area contributed by atoms with Crippen LogP contribution in [0.2, 0.25) is 0 Å². The third-order valence-electron chi connectivity index (χ3n) is 6.08. The Morgan fingerprint density at radius 1 is 1.41 bits per heavy atom. The number of rotatable bonds is 4. The lowest BCUT2D eigenvalue weighted by atomic mass is 9.83. The molecule has 0 radical (unpaired) electrons. The maximum atomic E-state index is 12.6. The summed E-state index contributed by atoms with van der Waals surface area (Å²) in [5.41, 5.74) is 1.13. The summed E-state index contributed by atoms with van der Waals surface area (Å²) in [5, 5.41) is 6.55. The van der Waals surface area contributed by atoms with Crippen LogP contribution >= 0.6 is 36.2 Å². The molecule has 5 nitrogen and oxygen atoms in total. The maximum Gasteiger partial charge on any atom is 0.261 e. The molecule has 2 N–H and O–H groups in total. The van der Waals surface area contributed by atoms with Gasteiger partial charge in [0, 0.05) is 23.9 Å². The smallest absolute Gasteiger partial charge is 0.261 e. The molecule has 1 aromatic rings. The second kappa shape index (κ2) is 9.90. The van der Waals surface area contributed by atoms with Crippen LogP contribution in [0.25, 0.3) is 0 Å². The fraction of sp³-hybridized carbons (Fsp3) is 0.737. The molecule has 4 rings (SSSR count). The topological polar surface area (TPSA) is 53.6 Å². The molecule has 2 fully saturated rings. The molecular weight excluding hydrogens is 405 g/mol. The number of nitrogens with zero attached hydrogens (tertiary/aromatic N) is 1. The van der Waals surface area contributed by atoms with Crippen LogP contribution < -0.4 is 10.6 Å². The van der Waals surface area contributed by atoms with Crippen molar-refractivity contribution in [2.24, 2.45) is 0 Å². The number of likely N-dealkylation sites (tertiary alicyclic amines) is 1. The fourth-order valence-corrected chi connectivity index (χ4v) is 5.70. The molecule has 1 unspecified atom stereocenters. The second-order valence-electron chi connectivity index (χ2n) is 7.61. The Bertz CT molecular complexity index is 634. The van der Waals surface area contributed by atoms with Crippen LogP contribution in [-0.2, 0) is 16.8 Å². The van der Waals surface area contributed by atoms with Gasteiger partial charge in [0.2, 0.25) is 0 Å². The molecule has 1 spiro atoms. The predicted molar refractivity (Wildman–Crippen MR) is 115 cm³/mol. The number of carbonyl (C=O) groups is 1. The van der Waals surface area contributed by atoms with Gasteiger partial charge in [0.1, 0.15) is 0 Å². The minimum Gasteiger partial charge on any atom is -0.370 e. The summed E-state index contributed by atoms with van der Waals surface area (Å²) in [4.78, 5) is 17.2. The normalized spacial score (nSPS) is 24.0. The van der Waals surface area contributed by atoms with Gasteiger partial charge in [-0.2, -0.15) is 0 Å². The molecule has 0 aliphatic carbocycles. The van der Waals surface area contributed by atoms with Crippen molar-refractivity contribution in [3.8, 4) is 0 Å². The van der Waals surface area contributed by atoms with Gasteiger partial charge in [-0.3, -0.25) is 4.79 Å². The average Bonchev–Trinajstić information content (AvgIpc) is 3.23. The number of hydrogen-bond donors (Lipinski definition) is 2. The van der Waals surface area contributed by atoms with Gasteiger partial charge in [-0.05, 0) is 70.4 Å². The van der Waals surface area contributed by atoms with Gasteiger partial charge in [0.05, 0.1) is 17.1 Å². The van der Waals surface area contributed by atoms with Crippen LogP contribution in [0.3, 0.4) is 0 Å². The van der Waals surface area contributed by atoms with E-state index in [1.165, 1.54) is 29.8 Å². The van der Waals surface area contributed by atoms with E-state index in [0.717, 1.165) is 56.8 Å². The summed E-state index contributed by atoms with van der Waals surface area (Å²) in [6.45, 7) is 4.72. The van der Waals surface area contributed by atoms with Crippen LogP contribution in [0.4, 0.5) is 0 Å². The zero-order chi connectivity index (χ0) is 17.3. The molecule has 3 aliphatic heterocycles. The lowest BCUT2D eigenvalue weighted by Crippen LogP contribution is -2.44. The highest BCUT2D eigenvalue weighted by molar-refractivity contribution is 7.14. The second-order valence-corrected chi connectivity index (χ2v) is 8.75. The van der Waals surface area contributed by atoms with Gasteiger partial charge in [0.15, 0.2) is 0 Å². The quantitative estimate of drug-likeness (QED) is 0.762. The van der Waals surface area contributed by atoms with Crippen molar-refractivity contribution < 1.29 is 9.53 Å². The van der Waals surface area contributed by atoms with E-state index in [0.29, 0.717) is 6.04 Å². The Balaban J connectivity index is 0.00000131. The van der Waals surface area contributed by atoms with Crippen LogP contribution in [0.1, 0.15) is 52.2 Å². The summed E-state index contributed by atoms with van der Waals surface area (Å²) >= 11 is 1.67. The number of carbonyl (C=O) groups excluding carboxylic acids is 1. The fourth-order valence-electron chi connectivity index (χ4n) is 4.56. The molecule has 4 heterocycles. The number of thiophene rings is 1. The third-order valence-corrected chi connectivity index (χ3v) is 7.27. The molecule has 0 aromatic carbocycles. The van der Waals surface area contributed by atoms with E-state index < -0.39 is 0 Å². The lowest BCUT2D eigenvalue weighted by molar-refractivity contribution is -0.0792. The highest BCUT2D eigenvalue weighted by atomic mass is 35.5. The maximum absolute atomic E-state index is 12.6. The monoisotopic (exact) mass is 435 g/mol. The van der Waals surface area contributed by atoms with Gasteiger partial charge in [0.25, 0.3) is 5.91 Å². The standard InChI is InChI=1S/C19H29N3O2S.2ClH/c1-22-11-2-3-14(22)4-8-21-18(23)17-13-15-16(25-17)5-12-24-19(15)6-9-20-10-7-19;;/h13-14,20H,2-12H2,1H3,(H,21,23);2*1H. The van der Waals surface area contributed by atoms with Gasteiger partial charge in [-0.1, -0.05) is 0 Å². The first-order valence-electron chi connectivity index (χ1n) is 9.64. The van der Waals surface area contributed by atoms with Crippen LogP contribution in [0.5, 0.6) is 0 Å². The summed E-state index contributed by atoms with van der Waals surface area (Å²) in [7, 11) is 2.19.